The third-order valence-electron chi connectivity index (χ3n) is 4.43. The number of hydrogen-bond donors (Lipinski definition) is 0. The molecule has 1 aliphatic carbocycles. The number of carbonyl (C=O) groups excluding carboxylic acids is 2. The van der Waals surface area contributed by atoms with Gasteiger partial charge in [0.05, 0.1) is 0 Å². The van der Waals surface area contributed by atoms with Crippen LogP contribution in [0.2, 0.25) is 0 Å². The van der Waals surface area contributed by atoms with Gasteiger partial charge in [0.15, 0.2) is 0 Å². The van der Waals surface area contributed by atoms with Crippen molar-refractivity contribution in [1.82, 2.24) is 4.90 Å². The molecule has 1 amide bonds. The predicted molar refractivity (Wildman–Crippen MR) is 59.8 cm³/mol. The van der Waals surface area contributed by atoms with Gasteiger partial charge in [-0.1, -0.05) is 12.2 Å². The van der Waals surface area contributed by atoms with Gasteiger partial charge < -0.3 is 4.90 Å². The van der Waals surface area contributed by atoms with Crippen LogP contribution >= 0.6 is 0 Å². The number of amides is 1. The summed E-state index contributed by atoms with van der Waals surface area (Å²) in [5, 5.41) is 0. The molecular weight excluding hydrogens is 202 g/mol. The number of hydrogen-bond acceptors (Lipinski definition) is 2. The van der Waals surface area contributed by atoms with E-state index >= 15 is 0 Å². The summed E-state index contributed by atoms with van der Waals surface area (Å²) < 4.78 is 0. The maximum atomic E-state index is 12.5. The number of rotatable bonds is 0. The molecule has 0 aromatic heterocycles. The molecule has 0 aromatic carbocycles. The zero-order chi connectivity index (χ0) is 11.2. The summed E-state index contributed by atoms with van der Waals surface area (Å²) in [6.07, 6.45) is 9.27. The van der Waals surface area contributed by atoms with Crippen molar-refractivity contribution in [2.75, 3.05) is 6.54 Å². The molecule has 1 saturated carbocycles. The van der Waals surface area contributed by atoms with E-state index in [-0.39, 0.29) is 11.7 Å². The van der Waals surface area contributed by atoms with Crippen LogP contribution in [0.5, 0.6) is 0 Å². The summed E-state index contributed by atoms with van der Waals surface area (Å²) in [5.74, 6) is 0.320. The van der Waals surface area contributed by atoms with Crippen molar-refractivity contribution < 1.29 is 9.59 Å². The molecule has 3 nitrogen and oxygen atoms in total. The van der Waals surface area contributed by atoms with Gasteiger partial charge in [-0.05, 0) is 32.1 Å². The van der Waals surface area contributed by atoms with Crippen LogP contribution in [0.15, 0.2) is 12.2 Å². The van der Waals surface area contributed by atoms with Crippen LogP contribution < -0.4 is 0 Å². The Morgan fingerprint density at radius 1 is 1.25 bits per heavy atom. The SMILES string of the molecule is O=C1CCCC12CCC1CC=CCN1C2=O. The van der Waals surface area contributed by atoms with E-state index < -0.39 is 5.41 Å². The fourth-order valence-corrected chi connectivity index (χ4v) is 3.46. The van der Waals surface area contributed by atoms with Gasteiger partial charge in [-0.2, -0.15) is 0 Å². The second-order valence-corrected chi connectivity index (χ2v) is 5.22. The summed E-state index contributed by atoms with van der Waals surface area (Å²) in [5.41, 5.74) is -0.609. The van der Waals surface area contributed by atoms with Crippen LogP contribution in [0.25, 0.3) is 0 Å². The minimum atomic E-state index is -0.609. The number of Topliss-reactive ketones (excluding diaryl/α,β-unsaturated/α-hetero) is 1. The van der Waals surface area contributed by atoms with Crippen molar-refractivity contribution in [3.63, 3.8) is 0 Å². The highest BCUT2D eigenvalue weighted by Gasteiger charge is 2.53. The third-order valence-corrected chi connectivity index (χ3v) is 4.43. The Kier molecular flexibility index (Phi) is 2.16. The van der Waals surface area contributed by atoms with Gasteiger partial charge in [0.1, 0.15) is 11.2 Å². The molecule has 0 N–H and O–H groups in total. The van der Waals surface area contributed by atoms with Gasteiger partial charge in [0.25, 0.3) is 0 Å². The van der Waals surface area contributed by atoms with Crippen molar-refractivity contribution >= 4 is 11.7 Å². The summed E-state index contributed by atoms with van der Waals surface area (Å²) in [6.45, 7) is 0.707. The van der Waals surface area contributed by atoms with Crippen molar-refractivity contribution in [2.45, 2.75) is 44.6 Å². The number of nitrogens with zero attached hydrogens (tertiary/aromatic N) is 1. The zero-order valence-electron chi connectivity index (χ0n) is 9.45. The topological polar surface area (TPSA) is 37.4 Å². The van der Waals surface area contributed by atoms with Crippen molar-refractivity contribution in [2.24, 2.45) is 5.41 Å². The highest BCUT2D eigenvalue weighted by molar-refractivity contribution is 6.07. The van der Waals surface area contributed by atoms with E-state index in [4.69, 9.17) is 0 Å². The first-order valence-corrected chi connectivity index (χ1v) is 6.23. The smallest absolute Gasteiger partial charge is 0.236 e. The van der Waals surface area contributed by atoms with E-state index in [1.54, 1.807) is 0 Å². The van der Waals surface area contributed by atoms with Crippen LogP contribution in [-0.4, -0.2) is 29.2 Å². The van der Waals surface area contributed by atoms with Crippen LogP contribution in [0.4, 0.5) is 0 Å². The van der Waals surface area contributed by atoms with Crippen LogP contribution in [0.1, 0.15) is 38.5 Å². The second kappa shape index (κ2) is 3.44. The summed E-state index contributed by atoms with van der Waals surface area (Å²) >= 11 is 0. The Balaban J connectivity index is 1.92. The van der Waals surface area contributed by atoms with Gasteiger partial charge in [-0.25, -0.2) is 0 Å². The van der Waals surface area contributed by atoms with E-state index in [2.05, 4.69) is 6.08 Å². The molecule has 2 atom stereocenters. The Bertz CT molecular complexity index is 374. The van der Waals surface area contributed by atoms with Gasteiger partial charge in [0.2, 0.25) is 5.91 Å². The Labute approximate surface area is 95.5 Å². The largest absolute Gasteiger partial charge is 0.335 e. The van der Waals surface area contributed by atoms with E-state index in [0.717, 1.165) is 32.1 Å². The zero-order valence-corrected chi connectivity index (χ0v) is 9.45. The lowest BCUT2D eigenvalue weighted by molar-refractivity contribution is -0.154. The summed E-state index contributed by atoms with van der Waals surface area (Å²) in [7, 11) is 0. The molecule has 3 aliphatic rings. The van der Waals surface area contributed by atoms with Crippen molar-refractivity contribution in [1.29, 1.82) is 0 Å². The molecular formula is C13H17NO2. The molecule has 2 unspecified atom stereocenters. The molecule has 1 spiro atoms. The van der Waals surface area contributed by atoms with Crippen LogP contribution in [0, 0.1) is 5.41 Å². The predicted octanol–water partition coefficient (Wildman–Crippen LogP) is 1.68. The summed E-state index contributed by atoms with van der Waals surface area (Å²) in [6, 6.07) is 0.358. The van der Waals surface area contributed by atoms with Gasteiger partial charge in [-0.15, -0.1) is 0 Å². The molecule has 86 valence electrons. The first-order chi connectivity index (χ1) is 7.74. The van der Waals surface area contributed by atoms with E-state index in [1.807, 2.05) is 11.0 Å². The Morgan fingerprint density at radius 2 is 2.12 bits per heavy atom. The maximum absolute atomic E-state index is 12.5. The number of piperidine rings is 1. The monoisotopic (exact) mass is 219 g/mol. The first-order valence-electron chi connectivity index (χ1n) is 6.23. The van der Waals surface area contributed by atoms with Crippen LogP contribution in [0.3, 0.4) is 0 Å². The quantitative estimate of drug-likeness (QED) is 0.459. The average molecular weight is 219 g/mol. The molecule has 1 saturated heterocycles. The lowest BCUT2D eigenvalue weighted by Crippen LogP contribution is -2.55. The highest BCUT2D eigenvalue weighted by atomic mass is 16.2. The lowest BCUT2D eigenvalue weighted by Gasteiger charge is -2.44. The van der Waals surface area contributed by atoms with Crippen molar-refractivity contribution in [3.05, 3.63) is 12.2 Å². The van der Waals surface area contributed by atoms with Gasteiger partial charge in [0, 0.05) is 19.0 Å². The molecule has 2 fully saturated rings. The van der Waals surface area contributed by atoms with E-state index in [1.165, 1.54) is 0 Å². The second-order valence-electron chi connectivity index (χ2n) is 5.22. The molecule has 3 heteroatoms. The fraction of sp³-hybridized carbons (Fsp3) is 0.692. The van der Waals surface area contributed by atoms with Gasteiger partial charge in [-0.3, -0.25) is 9.59 Å². The normalized spacial score (nSPS) is 38.2. The van der Waals surface area contributed by atoms with Crippen LogP contribution in [-0.2, 0) is 9.59 Å². The van der Waals surface area contributed by atoms with Gasteiger partial charge >= 0.3 is 0 Å². The molecule has 0 aromatic rings. The lowest BCUT2D eigenvalue weighted by atomic mass is 9.74. The molecule has 2 heterocycles. The maximum Gasteiger partial charge on any atom is 0.236 e. The number of carbonyl (C=O) groups is 2. The Hall–Kier alpha value is -1.12. The van der Waals surface area contributed by atoms with E-state index in [0.29, 0.717) is 19.0 Å². The molecule has 0 radical (unpaired) electrons. The number of ketones is 1. The third kappa shape index (κ3) is 1.20. The first kappa shape index (κ1) is 10.1. The van der Waals surface area contributed by atoms with Crippen molar-refractivity contribution in [3.8, 4) is 0 Å². The minimum absolute atomic E-state index is 0.121. The van der Waals surface area contributed by atoms with E-state index in [9.17, 15) is 9.59 Å². The number of fused-ring (bicyclic) bond motifs is 1. The minimum Gasteiger partial charge on any atom is -0.335 e. The molecule has 2 aliphatic heterocycles. The fourth-order valence-electron chi connectivity index (χ4n) is 3.46. The molecule has 0 bridgehead atoms. The highest BCUT2D eigenvalue weighted by Crippen LogP contribution is 2.45. The molecule has 3 rings (SSSR count). The molecule has 16 heavy (non-hydrogen) atoms. The standard InChI is InChI=1S/C13H17NO2/c15-11-5-3-7-13(11)8-6-10-4-1-2-9-14(10)12(13)16/h1-2,10H,3-9H2. The summed E-state index contributed by atoms with van der Waals surface area (Å²) in [4.78, 5) is 26.4. The average Bonchev–Trinajstić information content (AvgIpc) is 2.67. The Morgan fingerprint density at radius 3 is 2.88 bits per heavy atom.